The highest BCUT2D eigenvalue weighted by Crippen LogP contribution is 2.25. The van der Waals surface area contributed by atoms with Gasteiger partial charge in [-0.2, -0.15) is 0 Å². The number of hydrogen-bond donors (Lipinski definition) is 2. The standard InChI is InChI=1S/C18H25NO5/c1-11-8-6-7-9-13(11)14(12(2)20)10-15(16(21)22)19-17(23)24-18(3,4)5/h6-9,14-15H,10H2,1-5H3,(H,19,23)(H,21,22)/t14?,15-/m0/s1. The van der Waals surface area contributed by atoms with E-state index in [-0.39, 0.29) is 12.2 Å². The van der Waals surface area contributed by atoms with Crippen molar-refractivity contribution in [1.82, 2.24) is 5.32 Å². The monoisotopic (exact) mass is 335 g/mol. The van der Waals surface area contributed by atoms with Crippen LogP contribution in [0.2, 0.25) is 0 Å². The largest absolute Gasteiger partial charge is 0.480 e. The number of carbonyl (C=O) groups excluding carboxylic acids is 2. The fourth-order valence-corrected chi connectivity index (χ4v) is 2.40. The molecule has 0 heterocycles. The van der Waals surface area contributed by atoms with E-state index >= 15 is 0 Å². The molecule has 1 aromatic carbocycles. The van der Waals surface area contributed by atoms with Gasteiger partial charge in [0.25, 0.3) is 0 Å². The predicted molar refractivity (Wildman–Crippen MR) is 90.0 cm³/mol. The molecule has 0 aliphatic heterocycles. The minimum absolute atomic E-state index is 0.0330. The summed E-state index contributed by atoms with van der Waals surface area (Å²) < 4.78 is 5.09. The van der Waals surface area contributed by atoms with Crippen LogP contribution in [0.5, 0.6) is 0 Å². The minimum Gasteiger partial charge on any atom is -0.480 e. The first-order chi connectivity index (χ1) is 11.0. The van der Waals surface area contributed by atoms with Crippen LogP contribution in [0.25, 0.3) is 0 Å². The van der Waals surface area contributed by atoms with Crippen LogP contribution in [-0.4, -0.2) is 34.6 Å². The topological polar surface area (TPSA) is 92.7 Å². The van der Waals surface area contributed by atoms with E-state index in [4.69, 9.17) is 4.74 Å². The Hall–Kier alpha value is -2.37. The summed E-state index contributed by atoms with van der Waals surface area (Å²) in [5.41, 5.74) is 0.935. The highest BCUT2D eigenvalue weighted by molar-refractivity contribution is 5.86. The molecule has 2 atom stereocenters. The van der Waals surface area contributed by atoms with Crippen molar-refractivity contribution >= 4 is 17.8 Å². The lowest BCUT2D eigenvalue weighted by Gasteiger charge is -2.24. The maximum absolute atomic E-state index is 12.0. The van der Waals surface area contributed by atoms with Crippen LogP contribution < -0.4 is 5.32 Å². The van der Waals surface area contributed by atoms with Gasteiger partial charge in [-0.1, -0.05) is 24.3 Å². The molecule has 1 unspecified atom stereocenters. The summed E-state index contributed by atoms with van der Waals surface area (Å²) in [4.78, 5) is 35.4. The molecule has 24 heavy (non-hydrogen) atoms. The average molecular weight is 335 g/mol. The number of ketones is 1. The maximum Gasteiger partial charge on any atom is 0.408 e. The van der Waals surface area contributed by atoms with E-state index in [0.29, 0.717) is 0 Å². The molecular weight excluding hydrogens is 310 g/mol. The van der Waals surface area contributed by atoms with Crippen molar-refractivity contribution in [3.63, 3.8) is 0 Å². The summed E-state index contributed by atoms with van der Waals surface area (Å²) in [6, 6.07) is 6.10. The van der Waals surface area contributed by atoms with Crippen LogP contribution in [0, 0.1) is 6.92 Å². The van der Waals surface area contributed by atoms with Gasteiger partial charge in [0, 0.05) is 5.92 Å². The van der Waals surface area contributed by atoms with E-state index in [1.54, 1.807) is 32.9 Å². The Labute approximate surface area is 142 Å². The van der Waals surface area contributed by atoms with Crippen LogP contribution >= 0.6 is 0 Å². The summed E-state index contributed by atoms with van der Waals surface area (Å²) in [6.07, 6.45) is -0.851. The maximum atomic E-state index is 12.0. The third-order valence-corrected chi connectivity index (χ3v) is 3.52. The summed E-state index contributed by atoms with van der Waals surface area (Å²) in [7, 11) is 0. The number of hydrogen-bond acceptors (Lipinski definition) is 4. The SMILES string of the molecule is CC(=O)C(C[C@H](NC(=O)OC(C)(C)C)C(=O)O)c1ccccc1C. The zero-order valence-corrected chi connectivity index (χ0v) is 14.8. The van der Waals surface area contributed by atoms with Crippen molar-refractivity contribution < 1.29 is 24.2 Å². The molecule has 0 spiro atoms. The Bertz CT molecular complexity index is 618. The third-order valence-electron chi connectivity index (χ3n) is 3.52. The number of carboxylic acid groups (broad SMARTS) is 1. The lowest BCUT2D eigenvalue weighted by molar-refractivity contribution is -0.139. The second-order valence-electron chi connectivity index (χ2n) is 6.79. The Kier molecular flexibility index (Phi) is 6.51. The Balaban J connectivity index is 2.96. The van der Waals surface area contributed by atoms with Crippen molar-refractivity contribution in [3.8, 4) is 0 Å². The van der Waals surface area contributed by atoms with Crippen molar-refractivity contribution in [1.29, 1.82) is 0 Å². The molecule has 132 valence electrons. The normalized spacial score (nSPS) is 13.7. The van der Waals surface area contributed by atoms with Crippen LogP contribution in [-0.2, 0) is 14.3 Å². The second-order valence-corrected chi connectivity index (χ2v) is 6.79. The van der Waals surface area contributed by atoms with Gasteiger partial charge in [-0.05, 0) is 52.2 Å². The number of rotatable bonds is 6. The van der Waals surface area contributed by atoms with Crippen LogP contribution in [0.3, 0.4) is 0 Å². The van der Waals surface area contributed by atoms with Gasteiger partial charge in [-0.3, -0.25) is 4.79 Å². The third kappa shape index (κ3) is 6.02. The van der Waals surface area contributed by atoms with Crippen LogP contribution in [0.4, 0.5) is 4.79 Å². The van der Waals surface area contributed by atoms with E-state index < -0.39 is 29.6 Å². The summed E-state index contributed by atoms with van der Waals surface area (Å²) in [6.45, 7) is 8.35. The molecule has 0 aliphatic rings. The van der Waals surface area contributed by atoms with E-state index in [0.717, 1.165) is 11.1 Å². The molecule has 0 saturated heterocycles. The van der Waals surface area contributed by atoms with Crippen molar-refractivity contribution in [3.05, 3.63) is 35.4 Å². The molecule has 6 heteroatoms. The zero-order valence-electron chi connectivity index (χ0n) is 14.8. The summed E-state index contributed by atoms with van der Waals surface area (Å²) in [5.74, 6) is -1.97. The Morgan fingerprint density at radius 2 is 1.79 bits per heavy atom. The average Bonchev–Trinajstić information content (AvgIpc) is 2.41. The summed E-state index contributed by atoms with van der Waals surface area (Å²) >= 11 is 0. The number of benzene rings is 1. The lowest BCUT2D eigenvalue weighted by Crippen LogP contribution is -2.44. The number of aryl methyl sites for hydroxylation is 1. The highest BCUT2D eigenvalue weighted by atomic mass is 16.6. The van der Waals surface area contributed by atoms with Gasteiger partial charge in [-0.15, -0.1) is 0 Å². The van der Waals surface area contributed by atoms with Crippen LogP contribution in [0.15, 0.2) is 24.3 Å². The van der Waals surface area contributed by atoms with Crippen molar-refractivity contribution in [2.45, 2.75) is 58.6 Å². The van der Waals surface area contributed by atoms with Gasteiger partial charge in [0.1, 0.15) is 17.4 Å². The number of Topliss-reactive ketones (excluding diaryl/α,β-unsaturated/α-hetero) is 1. The van der Waals surface area contributed by atoms with E-state index in [9.17, 15) is 19.5 Å². The lowest BCUT2D eigenvalue weighted by atomic mass is 9.86. The van der Waals surface area contributed by atoms with Gasteiger partial charge in [0.05, 0.1) is 0 Å². The van der Waals surface area contributed by atoms with Gasteiger partial charge < -0.3 is 15.2 Å². The number of carboxylic acids is 1. The molecule has 0 radical (unpaired) electrons. The van der Waals surface area contributed by atoms with Gasteiger partial charge in [0.15, 0.2) is 0 Å². The first kappa shape index (κ1) is 19.7. The fraction of sp³-hybridized carbons (Fsp3) is 0.500. The number of aliphatic carboxylic acids is 1. The molecule has 1 rings (SSSR count). The molecule has 1 amide bonds. The highest BCUT2D eigenvalue weighted by Gasteiger charge is 2.30. The first-order valence-corrected chi connectivity index (χ1v) is 7.79. The van der Waals surface area contributed by atoms with E-state index in [1.807, 2.05) is 19.1 Å². The smallest absolute Gasteiger partial charge is 0.408 e. The fourth-order valence-electron chi connectivity index (χ4n) is 2.40. The number of nitrogens with one attached hydrogen (secondary N) is 1. The first-order valence-electron chi connectivity index (χ1n) is 7.79. The number of ether oxygens (including phenoxy) is 1. The molecule has 0 fully saturated rings. The zero-order chi connectivity index (χ0) is 18.5. The molecule has 0 aliphatic carbocycles. The van der Waals surface area contributed by atoms with Gasteiger partial charge in [0.2, 0.25) is 0 Å². The minimum atomic E-state index is -1.21. The number of carbonyl (C=O) groups is 3. The van der Waals surface area contributed by atoms with E-state index in [1.165, 1.54) is 6.92 Å². The van der Waals surface area contributed by atoms with Crippen LogP contribution in [0.1, 0.15) is 51.2 Å². The Morgan fingerprint density at radius 1 is 1.21 bits per heavy atom. The van der Waals surface area contributed by atoms with Crippen molar-refractivity contribution in [2.24, 2.45) is 0 Å². The predicted octanol–water partition coefficient (Wildman–Crippen LogP) is 3.04. The molecule has 0 bridgehead atoms. The molecule has 1 aromatic rings. The second kappa shape index (κ2) is 7.95. The number of alkyl carbamates (subject to hydrolysis) is 1. The van der Waals surface area contributed by atoms with Crippen molar-refractivity contribution in [2.75, 3.05) is 0 Å². The molecule has 2 N–H and O–H groups in total. The molecule has 0 aromatic heterocycles. The number of amides is 1. The Morgan fingerprint density at radius 3 is 2.25 bits per heavy atom. The van der Waals surface area contributed by atoms with Gasteiger partial charge >= 0.3 is 12.1 Å². The molecular formula is C18H25NO5. The van der Waals surface area contributed by atoms with Gasteiger partial charge in [-0.25, -0.2) is 9.59 Å². The quantitative estimate of drug-likeness (QED) is 0.833. The summed E-state index contributed by atoms with van der Waals surface area (Å²) in [5, 5.41) is 11.7. The van der Waals surface area contributed by atoms with E-state index in [2.05, 4.69) is 5.32 Å². The molecule has 6 nitrogen and oxygen atoms in total. The molecule has 0 saturated carbocycles.